The molecule has 1 aliphatic heterocycles. The minimum atomic E-state index is -2.70. The molecule has 0 aliphatic carbocycles. The van der Waals surface area contributed by atoms with Crippen LogP contribution >= 0.6 is 0 Å². The summed E-state index contributed by atoms with van der Waals surface area (Å²) < 4.78 is 33.6. The van der Waals surface area contributed by atoms with Crippen LogP contribution in [0.25, 0.3) is 0 Å². The molecule has 1 atom stereocenters. The second kappa shape index (κ2) is 8.03. The SMILES string of the molecule is O=C1OCCC(C(F)F)N1C(c1ccccc1)(c1ccccc1)c1ccccc1. The number of carbonyl (C=O) groups is 1. The summed E-state index contributed by atoms with van der Waals surface area (Å²) in [6.45, 7) is -0.0151. The number of alkyl halides is 2. The van der Waals surface area contributed by atoms with Gasteiger partial charge in [0.25, 0.3) is 6.43 Å². The average Bonchev–Trinajstić information content (AvgIpc) is 2.77. The smallest absolute Gasteiger partial charge is 0.411 e. The molecule has 1 fully saturated rings. The standard InChI is InChI=1S/C24H21F2NO2/c25-22(26)21-16-17-29-23(28)27(21)24(18-10-4-1-5-11-18,19-12-6-2-7-13-19)20-14-8-3-9-15-20/h1-15,21-22H,16-17H2. The summed E-state index contributed by atoms with van der Waals surface area (Å²) in [7, 11) is 0. The van der Waals surface area contributed by atoms with E-state index in [2.05, 4.69) is 0 Å². The second-order valence-electron chi connectivity index (χ2n) is 6.98. The molecule has 1 saturated heterocycles. The van der Waals surface area contributed by atoms with Gasteiger partial charge < -0.3 is 4.74 Å². The van der Waals surface area contributed by atoms with Crippen LogP contribution in [0.2, 0.25) is 0 Å². The van der Waals surface area contributed by atoms with Crippen LogP contribution in [0.15, 0.2) is 91.0 Å². The third-order valence-corrected chi connectivity index (χ3v) is 5.39. The molecule has 29 heavy (non-hydrogen) atoms. The van der Waals surface area contributed by atoms with E-state index in [9.17, 15) is 13.6 Å². The summed E-state index contributed by atoms with van der Waals surface area (Å²) in [5.74, 6) is 0. The fraction of sp³-hybridized carbons (Fsp3) is 0.208. The first-order chi connectivity index (χ1) is 14.2. The normalized spacial score (nSPS) is 17.3. The van der Waals surface area contributed by atoms with Gasteiger partial charge in [-0.15, -0.1) is 0 Å². The van der Waals surface area contributed by atoms with Gasteiger partial charge in [-0.25, -0.2) is 13.6 Å². The third-order valence-electron chi connectivity index (χ3n) is 5.39. The number of cyclic esters (lactones) is 1. The molecule has 0 aromatic heterocycles. The fourth-order valence-electron chi connectivity index (χ4n) is 4.18. The summed E-state index contributed by atoms with van der Waals surface area (Å²) >= 11 is 0. The lowest BCUT2D eigenvalue weighted by molar-refractivity contribution is -0.0495. The molecule has 148 valence electrons. The molecule has 1 unspecified atom stereocenters. The molecule has 0 spiro atoms. The van der Waals surface area contributed by atoms with Gasteiger partial charge >= 0.3 is 6.09 Å². The minimum absolute atomic E-state index is 0.0151. The van der Waals surface area contributed by atoms with Crippen molar-refractivity contribution in [3.63, 3.8) is 0 Å². The number of benzene rings is 3. The Kier molecular flexibility index (Phi) is 5.30. The van der Waals surface area contributed by atoms with Gasteiger partial charge in [0.15, 0.2) is 0 Å². The maximum Gasteiger partial charge on any atom is 0.411 e. The highest BCUT2D eigenvalue weighted by molar-refractivity contribution is 5.73. The molecule has 3 aromatic carbocycles. The van der Waals surface area contributed by atoms with Gasteiger partial charge in [-0.1, -0.05) is 91.0 Å². The Morgan fingerprint density at radius 1 is 0.793 bits per heavy atom. The highest BCUT2D eigenvalue weighted by atomic mass is 19.3. The zero-order valence-electron chi connectivity index (χ0n) is 15.7. The third kappa shape index (κ3) is 3.27. The summed E-state index contributed by atoms with van der Waals surface area (Å²) in [5.41, 5.74) is 0.924. The number of halogens is 2. The largest absolute Gasteiger partial charge is 0.449 e. The number of hydrogen-bond donors (Lipinski definition) is 0. The van der Waals surface area contributed by atoms with Crippen LogP contribution in [-0.2, 0) is 10.3 Å². The van der Waals surface area contributed by atoms with E-state index in [4.69, 9.17) is 4.74 Å². The molecular weight excluding hydrogens is 372 g/mol. The Balaban J connectivity index is 2.09. The van der Waals surface area contributed by atoms with Crippen LogP contribution < -0.4 is 0 Å². The van der Waals surface area contributed by atoms with Crippen LogP contribution in [0, 0.1) is 0 Å². The van der Waals surface area contributed by atoms with Crippen LogP contribution in [0.1, 0.15) is 23.1 Å². The Hall–Kier alpha value is -3.21. The molecular formula is C24H21F2NO2. The molecule has 0 N–H and O–H groups in total. The molecule has 1 heterocycles. The zero-order chi connectivity index (χ0) is 20.3. The van der Waals surface area contributed by atoms with Crippen LogP contribution in [0.5, 0.6) is 0 Å². The van der Waals surface area contributed by atoms with Crippen LogP contribution in [0.3, 0.4) is 0 Å². The summed E-state index contributed by atoms with van der Waals surface area (Å²) in [4.78, 5) is 14.3. The molecule has 4 rings (SSSR count). The van der Waals surface area contributed by atoms with Gasteiger partial charge in [-0.2, -0.15) is 0 Å². The van der Waals surface area contributed by atoms with Crippen molar-refractivity contribution in [2.45, 2.75) is 24.4 Å². The van der Waals surface area contributed by atoms with Gasteiger partial charge in [0.05, 0.1) is 6.61 Å². The van der Waals surface area contributed by atoms with Crippen LogP contribution in [-0.4, -0.2) is 30.1 Å². The van der Waals surface area contributed by atoms with E-state index >= 15 is 0 Å². The van der Waals surface area contributed by atoms with E-state index in [1.807, 2.05) is 91.0 Å². The van der Waals surface area contributed by atoms with Crippen molar-refractivity contribution >= 4 is 6.09 Å². The predicted molar refractivity (Wildman–Crippen MR) is 107 cm³/mol. The van der Waals surface area contributed by atoms with Crippen LogP contribution in [0.4, 0.5) is 13.6 Å². The molecule has 3 nitrogen and oxygen atoms in total. The number of rotatable bonds is 5. The summed E-state index contributed by atoms with van der Waals surface area (Å²) in [6.07, 6.45) is -3.37. The van der Waals surface area contributed by atoms with E-state index < -0.39 is 24.1 Å². The first kappa shape index (κ1) is 19.1. The quantitative estimate of drug-likeness (QED) is 0.539. The van der Waals surface area contributed by atoms with Gasteiger partial charge in [-0.3, -0.25) is 4.90 Å². The van der Waals surface area contributed by atoms with Gasteiger partial charge in [-0.05, 0) is 16.7 Å². The number of nitrogens with zero attached hydrogens (tertiary/aromatic N) is 1. The zero-order valence-corrected chi connectivity index (χ0v) is 15.7. The summed E-state index contributed by atoms with van der Waals surface area (Å²) in [6, 6.07) is 26.6. The average molecular weight is 393 g/mol. The first-order valence-electron chi connectivity index (χ1n) is 9.56. The van der Waals surface area contributed by atoms with Gasteiger partial charge in [0, 0.05) is 6.42 Å². The van der Waals surface area contributed by atoms with Crippen molar-refractivity contribution in [1.82, 2.24) is 4.90 Å². The molecule has 1 aliphatic rings. The minimum Gasteiger partial charge on any atom is -0.449 e. The first-order valence-corrected chi connectivity index (χ1v) is 9.56. The van der Waals surface area contributed by atoms with Gasteiger partial charge in [0.1, 0.15) is 11.6 Å². The number of amides is 1. The number of hydrogen-bond acceptors (Lipinski definition) is 2. The van der Waals surface area contributed by atoms with Crippen molar-refractivity contribution in [3.05, 3.63) is 108 Å². The van der Waals surface area contributed by atoms with E-state index in [1.54, 1.807) is 0 Å². The van der Waals surface area contributed by atoms with Crippen molar-refractivity contribution in [3.8, 4) is 0 Å². The molecule has 0 radical (unpaired) electrons. The fourth-order valence-corrected chi connectivity index (χ4v) is 4.18. The second-order valence-corrected chi connectivity index (χ2v) is 6.98. The molecule has 0 bridgehead atoms. The lowest BCUT2D eigenvalue weighted by atomic mass is 9.74. The lowest BCUT2D eigenvalue weighted by Crippen LogP contribution is -2.60. The highest BCUT2D eigenvalue weighted by Crippen LogP contribution is 2.45. The topological polar surface area (TPSA) is 29.5 Å². The number of carbonyl (C=O) groups excluding carboxylic acids is 1. The Labute approximate surface area is 168 Å². The Morgan fingerprint density at radius 3 is 1.59 bits per heavy atom. The van der Waals surface area contributed by atoms with Crippen molar-refractivity contribution < 1.29 is 18.3 Å². The van der Waals surface area contributed by atoms with E-state index in [-0.39, 0.29) is 13.0 Å². The highest BCUT2D eigenvalue weighted by Gasteiger charge is 2.52. The van der Waals surface area contributed by atoms with Crippen molar-refractivity contribution in [2.24, 2.45) is 0 Å². The molecule has 1 amide bonds. The number of ether oxygens (including phenoxy) is 1. The van der Waals surface area contributed by atoms with E-state index in [1.165, 1.54) is 4.90 Å². The summed E-state index contributed by atoms with van der Waals surface area (Å²) in [5, 5.41) is 0. The lowest BCUT2D eigenvalue weighted by Gasteiger charge is -2.49. The maximum atomic E-state index is 14.2. The molecule has 0 saturated carbocycles. The monoisotopic (exact) mass is 393 g/mol. The van der Waals surface area contributed by atoms with Crippen molar-refractivity contribution in [1.29, 1.82) is 0 Å². The van der Waals surface area contributed by atoms with Crippen molar-refractivity contribution in [2.75, 3.05) is 6.61 Å². The Bertz CT molecular complexity index is 852. The predicted octanol–water partition coefficient (Wildman–Crippen LogP) is 5.45. The molecule has 5 heteroatoms. The molecule has 3 aromatic rings. The van der Waals surface area contributed by atoms with E-state index in [0.717, 1.165) is 16.7 Å². The van der Waals surface area contributed by atoms with E-state index in [0.29, 0.717) is 0 Å². The Morgan fingerprint density at radius 2 is 1.21 bits per heavy atom. The maximum absolute atomic E-state index is 14.2. The van der Waals surface area contributed by atoms with Gasteiger partial charge in [0.2, 0.25) is 0 Å².